The Morgan fingerprint density at radius 1 is 1.00 bits per heavy atom. The van der Waals surface area contributed by atoms with E-state index in [9.17, 15) is 9.59 Å². The standard InChI is InChI=1S/C34H52FN5O3/c1-38-12-4-7-23(38)8-11-36-34(42)25-18-40-28-15-21-5-2-3-6-22(21)16-29(28)43-33-30(26(35)17-24(31(33)40)32(25)41)37-27-19-39-13-9-20(27)10-14-39/h18,20-24,26-31,33,37H,2-17,19H2,1H3,(H,36,42)/t21?,22?,23?,24?,26?,27-,28?,29?,30?,31?,33?/m1/s1. The van der Waals surface area contributed by atoms with Gasteiger partial charge in [-0.1, -0.05) is 25.7 Å². The average molecular weight is 598 g/mol. The number of nitrogens with zero attached hydrogens (tertiary/aromatic N) is 3. The Balaban J connectivity index is 1.06. The fourth-order valence-corrected chi connectivity index (χ4v) is 10.8. The van der Waals surface area contributed by atoms with Gasteiger partial charge in [-0.2, -0.15) is 0 Å². The first kappa shape index (κ1) is 28.9. The van der Waals surface area contributed by atoms with Crippen molar-refractivity contribution in [2.24, 2.45) is 23.7 Å². The van der Waals surface area contributed by atoms with Crippen molar-refractivity contribution in [3.63, 3.8) is 0 Å². The number of Topliss-reactive ketones (excluding diaryl/α,β-unsaturated/α-hetero) is 1. The van der Waals surface area contributed by atoms with Crippen LogP contribution in [0.1, 0.15) is 77.0 Å². The van der Waals surface area contributed by atoms with Crippen LogP contribution in [0.3, 0.4) is 0 Å². The van der Waals surface area contributed by atoms with Gasteiger partial charge in [0.15, 0.2) is 5.78 Å². The Kier molecular flexibility index (Phi) is 7.84. The van der Waals surface area contributed by atoms with Gasteiger partial charge in [-0.25, -0.2) is 4.39 Å². The van der Waals surface area contributed by atoms with Gasteiger partial charge in [0.05, 0.1) is 35.9 Å². The zero-order chi connectivity index (χ0) is 29.2. The van der Waals surface area contributed by atoms with Crippen LogP contribution in [0.2, 0.25) is 0 Å². The number of ketones is 1. The van der Waals surface area contributed by atoms with Crippen LogP contribution in [0.5, 0.6) is 0 Å². The zero-order valence-electron chi connectivity index (χ0n) is 26.0. The molecule has 3 saturated carbocycles. The molecule has 8 nitrogen and oxygen atoms in total. The van der Waals surface area contributed by atoms with Gasteiger partial charge < -0.3 is 30.1 Å². The predicted molar refractivity (Wildman–Crippen MR) is 162 cm³/mol. The number of ether oxygens (including phenoxy) is 1. The quantitative estimate of drug-likeness (QED) is 0.456. The van der Waals surface area contributed by atoms with Crippen molar-refractivity contribution in [3.8, 4) is 0 Å². The van der Waals surface area contributed by atoms with Crippen molar-refractivity contribution in [1.29, 1.82) is 0 Å². The summed E-state index contributed by atoms with van der Waals surface area (Å²) >= 11 is 0. The molecule has 9 aliphatic rings. The van der Waals surface area contributed by atoms with Gasteiger partial charge in [0.2, 0.25) is 0 Å². The number of morpholine rings is 1. The lowest BCUT2D eigenvalue weighted by Crippen LogP contribution is -2.74. The summed E-state index contributed by atoms with van der Waals surface area (Å²) in [5, 5.41) is 6.89. The predicted octanol–water partition coefficient (Wildman–Crippen LogP) is 2.87. The highest BCUT2D eigenvalue weighted by Crippen LogP contribution is 2.50. The molecule has 0 aromatic carbocycles. The number of carbonyl (C=O) groups is 2. The molecule has 9 rings (SSSR count). The number of carbonyl (C=O) groups excluding carboxylic acids is 2. The number of nitrogens with one attached hydrogen (secondary N) is 2. The molecule has 5 saturated heterocycles. The summed E-state index contributed by atoms with van der Waals surface area (Å²) in [6, 6.07) is 0.293. The van der Waals surface area contributed by atoms with Crippen molar-refractivity contribution < 1.29 is 18.7 Å². The number of likely N-dealkylation sites (tertiary alicyclic amines) is 1. The van der Waals surface area contributed by atoms with E-state index in [1.807, 2.05) is 6.20 Å². The number of alkyl halides is 1. The molecule has 8 fully saturated rings. The van der Waals surface area contributed by atoms with E-state index in [2.05, 4.69) is 32.4 Å². The van der Waals surface area contributed by atoms with Crippen LogP contribution in [0, 0.1) is 23.7 Å². The molecule has 6 heterocycles. The van der Waals surface area contributed by atoms with Gasteiger partial charge in [-0.15, -0.1) is 0 Å². The molecule has 1 amide bonds. The largest absolute Gasteiger partial charge is 0.369 e. The molecule has 0 aromatic rings. The van der Waals surface area contributed by atoms with Crippen LogP contribution in [-0.2, 0) is 14.3 Å². The highest BCUT2D eigenvalue weighted by Gasteiger charge is 2.60. The van der Waals surface area contributed by atoms with E-state index < -0.39 is 18.1 Å². The van der Waals surface area contributed by atoms with Gasteiger partial charge in [0.1, 0.15) is 6.17 Å². The SMILES string of the molecule is CN1CCCC1CCNC(=O)C1=CN2C3CC4CCCCC4CC3OC3C(N[C@@H]4CN5CCC4CC5)C(F)CC(C1=O)C32. The molecule has 2 bridgehead atoms. The van der Waals surface area contributed by atoms with Crippen molar-refractivity contribution in [2.75, 3.05) is 39.8 Å². The maximum Gasteiger partial charge on any atom is 0.256 e. The first-order valence-electron chi connectivity index (χ1n) is 17.7. The molecule has 11 atom stereocenters. The van der Waals surface area contributed by atoms with Gasteiger partial charge in [0, 0.05) is 37.3 Å². The summed E-state index contributed by atoms with van der Waals surface area (Å²) in [6.07, 6.45) is 13.3. The van der Waals surface area contributed by atoms with E-state index in [1.54, 1.807) is 0 Å². The van der Waals surface area contributed by atoms with Crippen molar-refractivity contribution >= 4 is 11.7 Å². The molecular weight excluding hydrogens is 545 g/mol. The molecule has 9 heteroatoms. The van der Waals surface area contributed by atoms with Gasteiger partial charge >= 0.3 is 0 Å². The summed E-state index contributed by atoms with van der Waals surface area (Å²) in [5.74, 6) is 0.941. The molecule has 10 unspecified atom stereocenters. The normalized spacial score (nSPS) is 47.4. The Morgan fingerprint density at radius 2 is 1.79 bits per heavy atom. The number of fused-ring (bicyclic) bond motifs is 6. The molecule has 238 valence electrons. The fraction of sp³-hybridized carbons (Fsp3) is 0.882. The molecule has 6 aliphatic heterocycles. The Hall–Kier alpha value is -1.55. The molecule has 0 radical (unpaired) electrons. The molecule has 2 N–H and O–H groups in total. The third kappa shape index (κ3) is 5.18. The summed E-state index contributed by atoms with van der Waals surface area (Å²) < 4.78 is 23.4. The number of rotatable bonds is 6. The summed E-state index contributed by atoms with van der Waals surface area (Å²) in [6.45, 7) is 4.95. The van der Waals surface area contributed by atoms with Crippen LogP contribution in [0.4, 0.5) is 4.39 Å². The number of hydrogen-bond donors (Lipinski definition) is 2. The maximum atomic E-state index is 16.4. The van der Waals surface area contributed by atoms with Crippen molar-refractivity contribution in [3.05, 3.63) is 11.8 Å². The summed E-state index contributed by atoms with van der Waals surface area (Å²) in [4.78, 5) is 34.8. The topological polar surface area (TPSA) is 77.2 Å². The lowest BCUT2D eigenvalue weighted by atomic mass is 9.64. The third-order valence-electron chi connectivity index (χ3n) is 13.2. The second-order valence-corrected chi connectivity index (χ2v) is 15.4. The number of amides is 1. The fourth-order valence-electron chi connectivity index (χ4n) is 10.8. The summed E-state index contributed by atoms with van der Waals surface area (Å²) in [5.41, 5.74) is 0.238. The molecule has 43 heavy (non-hydrogen) atoms. The van der Waals surface area contributed by atoms with Gasteiger partial charge in [0.25, 0.3) is 5.91 Å². The zero-order valence-corrected chi connectivity index (χ0v) is 26.0. The van der Waals surface area contributed by atoms with Crippen molar-refractivity contribution in [2.45, 2.75) is 126 Å². The average Bonchev–Trinajstić information content (AvgIpc) is 3.43. The highest BCUT2D eigenvalue weighted by atomic mass is 19.1. The first-order chi connectivity index (χ1) is 20.9. The molecule has 0 aromatic heterocycles. The second kappa shape index (κ2) is 11.7. The van der Waals surface area contributed by atoms with E-state index in [4.69, 9.17) is 4.74 Å². The minimum Gasteiger partial charge on any atom is -0.369 e. The van der Waals surface area contributed by atoms with Crippen LogP contribution in [-0.4, -0.2) is 115 Å². The molecule has 3 aliphatic carbocycles. The molecule has 0 spiro atoms. The highest BCUT2D eigenvalue weighted by molar-refractivity contribution is 6.20. The third-order valence-corrected chi connectivity index (χ3v) is 13.2. The van der Waals surface area contributed by atoms with Gasteiger partial charge in [-0.05, 0) is 95.8 Å². The van der Waals surface area contributed by atoms with E-state index in [1.165, 1.54) is 44.9 Å². The monoisotopic (exact) mass is 597 g/mol. The number of halogens is 1. The Morgan fingerprint density at radius 3 is 2.51 bits per heavy atom. The number of piperidine rings is 3. The summed E-state index contributed by atoms with van der Waals surface area (Å²) in [7, 11) is 2.15. The van der Waals surface area contributed by atoms with Gasteiger partial charge in [-0.3, -0.25) is 9.59 Å². The van der Waals surface area contributed by atoms with E-state index in [-0.39, 0.29) is 54.0 Å². The number of hydrogen-bond acceptors (Lipinski definition) is 7. The van der Waals surface area contributed by atoms with Crippen LogP contribution in [0.15, 0.2) is 11.8 Å². The Bertz CT molecular complexity index is 1110. The van der Waals surface area contributed by atoms with Crippen LogP contribution < -0.4 is 10.6 Å². The lowest BCUT2D eigenvalue weighted by Gasteiger charge is -2.61. The van der Waals surface area contributed by atoms with Crippen molar-refractivity contribution in [1.82, 2.24) is 25.3 Å². The smallest absolute Gasteiger partial charge is 0.256 e. The van der Waals surface area contributed by atoms with E-state index in [0.717, 1.165) is 51.9 Å². The Labute approximate surface area is 256 Å². The van der Waals surface area contributed by atoms with E-state index >= 15 is 4.39 Å². The van der Waals surface area contributed by atoms with E-state index in [0.29, 0.717) is 30.3 Å². The van der Waals surface area contributed by atoms with Crippen LogP contribution >= 0.6 is 0 Å². The second-order valence-electron chi connectivity index (χ2n) is 15.4. The lowest BCUT2D eigenvalue weighted by molar-refractivity contribution is -0.210. The maximum absolute atomic E-state index is 16.4. The minimum atomic E-state index is -1.17. The van der Waals surface area contributed by atoms with Crippen LogP contribution in [0.25, 0.3) is 0 Å². The molecular formula is C34H52FN5O3. The first-order valence-corrected chi connectivity index (χ1v) is 17.7. The minimum absolute atomic E-state index is 0.0223.